The van der Waals surface area contributed by atoms with Crippen molar-refractivity contribution in [2.24, 2.45) is 5.10 Å². The van der Waals surface area contributed by atoms with Crippen LogP contribution < -0.4 is 9.75 Å². The van der Waals surface area contributed by atoms with E-state index in [-0.39, 0.29) is 10.8 Å². The lowest BCUT2D eigenvalue weighted by Crippen LogP contribution is -2.21. The second kappa shape index (κ2) is 11.7. The van der Waals surface area contributed by atoms with Gasteiger partial charge in [-0.1, -0.05) is 32.9 Å². The van der Waals surface area contributed by atoms with Crippen LogP contribution in [0.25, 0.3) is 6.08 Å². The third-order valence-corrected chi connectivity index (χ3v) is 6.08. The lowest BCUT2D eigenvalue weighted by Gasteiger charge is -2.13. The number of carbonyl (C=O) groups excluding carboxylic acids is 1. The van der Waals surface area contributed by atoms with E-state index in [2.05, 4.69) is 30.8 Å². The average molecular weight is 474 g/mol. The Morgan fingerprint density at radius 2 is 1.55 bits per heavy atom. The van der Waals surface area contributed by atoms with Gasteiger partial charge in [-0.15, -0.1) is 0 Å². The van der Waals surface area contributed by atoms with Crippen LogP contribution in [0.2, 0.25) is 0 Å². The summed E-state index contributed by atoms with van der Waals surface area (Å²) in [4.78, 5) is 14.8. The Balaban J connectivity index is 0.000000479. The molecule has 0 aliphatic carbocycles. The second-order valence-corrected chi connectivity index (χ2v) is 8.64. The largest absolute Gasteiger partial charge is 0.497 e. The number of hydrogen-bond acceptors (Lipinski definition) is 6. The van der Waals surface area contributed by atoms with E-state index < -0.39 is 10.1 Å². The molecule has 1 heterocycles. The Morgan fingerprint density at radius 1 is 1.00 bits per heavy atom. The number of carbonyl (C=O) groups is 1. The van der Waals surface area contributed by atoms with Gasteiger partial charge in [0.1, 0.15) is 5.75 Å². The Labute approximate surface area is 195 Å². The average Bonchev–Trinajstić information content (AvgIpc) is 3.09. The van der Waals surface area contributed by atoms with Crippen LogP contribution in [-0.2, 0) is 14.9 Å². The topological polar surface area (TPSA) is 99.5 Å². The van der Waals surface area contributed by atoms with Gasteiger partial charge < -0.3 is 9.64 Å². The van der Waals surface area contributed by atoms with Crippen molar-refractivity contribution in [3.8, 4) is 5.75 Å². The van der Waals surface area contributed by atoms with Gasteiger partial charge in [0.2, 0.25) is 0 Å². The molecule has 1 aliphatic heterocycles. The van der Waals surface area contributed by atoms with Crippen LogP contribution in [0.3, 0.4) is 0 Å². The number of hydrogen-bond donors (Lipinski definition) is 1. The van der Waals surface area contributed by atoms with Crippen LogP contribution in [-0.4, -0.2) is 56.2 Å². The highest BCUT2D eigenvalue weighted by atomic mass is 32.2. The van der Waals surface area contributed by atoms with Crippen molar-refractivity contribution < 1.29 is 22.5 Å². The van der Waals surface area contributed by atoms with Crippen LogP contribution in [0.4, 0.5) is 5.69 Å². The summed E-state index contributed by atoms with van der Waals surface area (Å²) < 4.78 is 36.4. The molecule has 8 nitrogen and oxygen atoms in total. The molecule has 9 heteroatoms. The number of amides is 1. The summed E-state index contributed by atoms with van der Waals surface area (Å²) >= 11 is 0. The maximum atomic E-state index is 12.7. The molecular formula is C24H31N3O5S. The normalized spacial score (nSPS) is 14.9. The standard InChI is InChI=1S/C18H16N2O5S.C6H15N/c1-12-17(11-13-3-7-15(25-2)8-4-13)18(21)20(19-12)14-5-9-16(10-6-14)26(22,23)24;1-4-7(5-2)6-3/h3-11H,1-2H3,(H,22,23,24);4-6H2,1-3H3/b17-11+;. The van der Waals surface area contributed by atoms with Crippen molar-refractivity contribution in [2.45, 2.75) is 32.6 Å². The Morgan fingerprint density at radius 3 is 1.97 bits per heavy atom. The van der Waals surface area contributed by atoms with Gasteiger partial charge >= 0.3 is 0 Å². The SMILES string of the molecule is CCN(CC)CC.COc1ccc(/C=C2/C(=O)N(c3ccc(S(=O)(=O)O)cc3)N=C2C)cc1. The van der Waals surface area contributed by atoms with E-state index in [0.717, 1.165) is 11.3 Å². The summed E-state index contributed by atoms with van der Waals surface area (Å²) in [5.74, 6) is 0.397. The lowest BCUT2D eigenvalue weighted by molar-refractivity contribution is -0.114. The first-order chi connectivity index (χ1) is 15.6. The fourth-order valence-corrected chi connectivity index (χ4v) is 3.64. The molecule has 0 saturated heterocycles. The molecule has 3 rings (SSSR count). The first kappa shape index (κ1) is 26.2. The zero-order valence-electron chi connectivity index (χ0n) is 19.6. The van der Waals surface area contributed by atoms with Crippen molar-refractivity contribution in [1.29, 1.82) is 0 Å². The van der Waals surface area contributed by atoms with Gasteiger partial charge in [-0.25, -0.2) is 0 Å². The maximum absolute atomic E-state index is 12.7. The molecule has 0 atom stereocenters. The second-order valence-electron chi connectivity index (χ2n) is 7.22. The molecule has 0 spiro atoms. The quantitative estimate of drug-likeness (QED) is 0.480. The van der Waals surface area contributed by atoms with Gasteiger partial charge in [-0.3, -0.25) is 9.35 Å². The van der Waals surface area contributed by atoms with E-state index in [0.29, 0.717) is 17.0 Å². The molecule has 1 N–H and O–H groups in total. The molecule has 0 radical (unpaired) electrons. The van der Waals surface area contributed by atoms with Gasteiger partial charge in [0.25, 0.3) is 16.0 Å². The zero-order valence-corrected chi connectivity index (χ0v) is 20.5. The van der Waals surface area contributed by atoms with Gasteiger partial charge in [-0.05, 0) is 74.6 Å². The Kier molecular flexibility index (Phi) is 9.33. The van der Waals surface area contributed by atoms with E-state index >= 15 is 0 Å². The number of rotatable bonds is 7. The molecule has 178 valence electrons. The predicted octanol–water partition coefficient (Wildman–Crippen LogP) is 4.10. The molecule has 2 aromatic rings. The van der Waals surface area contributed by atoms with Crippen molar-refractivity contribution >= 4 is 33.5 Å². The fourth-order valence-electron chi connectivity index (χ4n) is 3.16. The Hall–Kier alpha value is -3.01. The minimum absolute atomic E-state index is 0.248. The number of methoxy groups -OCH3 is 1. The van der Waals surface area contributed by atoms with Gasteiger partial charge in [-0.2, -0.15) is 18.5 Å². The van der Waals surface area contributed by atoms with Crippen molar-refractivity contribution in [2.75, 3.05) is 31.8 Å². The van der Waals surface area contributed by atoms with Crippen molar-refractivity contribution in [1.82, 2.24) is 4.90 Å². The van der Waals surface area contributed by atoms with Crippen LogP contribution in [0.1, 0.15) is 33.3 Å². The van der Waals surface area contributed by atoms with Crippen LogP contribution >= 0.6 is 0 Å². The molecule has 0 saturated carbocycles. The van der Waals surface area contributed by atoms with Crippen LogP contribution in [0.5, 0.6) is 5.75 Å². The highest BCUT2D eigenvalue weighted by molar-refractivity contribution is 7.85. The van der Waals surface area contributed by atoms with Crippen LogP contribution in [0.15, 0.2) is 64.1 Å². The van der Waals surface area contributed by atoms with E-state index in [1.807, 2.05) is 12.1 Å². The molecule has 0 bridgehead atoms. The van der Waals surface area contributed by atoms with Crippen LogP contribution in [0, 0.1) is 0 Å². The summed E-state index contributed by atoms with van der Waals surface area (Å²) in [6.07, 6.45) is 1.73. The van der Waals surface area contributed by atoms with Crippen molar-refractivity contribution in [3.63, 3.8) is 0 Å². The van der Waals surface area contributed by atoms with E-state index in [9.17, 15) is 13.2 Å². The number of hydrazone groups is 1. The molecular weight excluding hydrogens is 442 g/mol. The first-order valence-corrected chi connectivity index (χ1v) is 12.1. The summed E-state index contributed by atoms with van der Waals surface area (Å²) in [5.41, 5.74) is 2.21. The monoisotopic (exact) mass is 473 g/mol. The highest BCUT2D eigenvalue weighted by Gasteiger charge is 2.28. The molecule has 2 aromatic carbocycles. The molecule has 0 fully saturated rings. The van der Waals surface area contributed by atoms with E-state index in [4.69, 9.17) is 9.29 Å². The van der Waals surface area contributed by atoms with Gasteiger partial charge in [0, 0.05) is 0 Å². The number of anilines is 1. The van der Waals surface area contributed by atoms with Gasteiger partial charge in [0.15, 0.2) is 0 Å². The first-order valence-electron chi connectivity index (χ1n) is 10.7. The summed E-state index contributed by atoms with van der Waals surface area (Å²) in [7, 11) is -2.71. The lowest BCUT2D eigenvalue weighted by atomic mass is 10.1. The molecule has 1 amide bonds. The summed E-state index contributed by atoms with van der Waals surface area (Å²) in [6.45, 7) is 11.8. The Bertz CT molecular complexity index is 1100. The predicted molar refractivity (Wildman–Crippen MR) is 131 cm³/mol. The maximum Gasteiger partial charge on any atom is 0.294 e. The summed E-state index contributed by atoms with van der Waals surface area (Å²) in [5, 5.41) is 5.43. The van der Waals surface area contributed by atoms with E-state index in [1.54, 1.807) is 32.2 Å². The number of benzene rings is 2. The summed E-state index contributed by atoms with van der Waals surface area (Å²) in [6, 6.07) is 12.5. The number of nitrogens with zero attached hydrogens (tertiary/aromatic N) is 3. The third-order valence-electron chi connectivity index (χ3n) is 5.21. The van der Waals surface area contributed by atoms with Crippen molar-refractivity contribution in [3.05, 3.63) is 59.7 Å². The fraction of sp³-hybridized carbons (Fsp3) is 0.333. The minimum atomic E-state index is -4.29. The molecule has 0 aromatic heterocycles. The van der Waals surface area contributed by atoms with Gasteiger partial charge in [0.05, 0.1) is 29.0 Å². The number of ether oxygens (including phenoxy) is 1. The minimum Gasteiger partial charge on any atom is -0.497 e. The third kappa shape index (κ3) is 6.98. The zero-order chi connectivity index (χ0) is 24.6. The highest BCUT2D eigenvalue weighted by Crippen LogP contribution is 2.26. The molecule has 0 unspecified atom stereocenters. The molecule has 1 aliphatic rings. The molecule has 33 heavy (non-hydrogen) atoms. The van der Waals surface area contributed by atoms with E-state index in [1.165, 1.54) is 48.9 Å². The smallest absolute Gasteiger partial charge is 0.294 e.